The maximum atomic E-state index is 8.39. The van der Waals surface area contributed by atoms with E-state index >= 15 is 0 Å². The van der Waals surface area contributed by atoms with Crippen LogP contribution in [0.15, 0.2) is 6.20 Å². The van der Waals surface area contributed by atoms with Crippen molar-refractivity contribution in [2.24, 2.45) is 5.73 Å². The van der Waals surface area contributed by atoms with Gasteiger partial charge in [-0.1, -0.05) is 0 Å². The summed E-state index contributed by atoms with van der Waals surface area (Å²) in [6, 6.07) is 1.90. The molecule has 0 bridgehead atoms. The number of nitrogens with zero attached hydrogens (tertiary/aromatic N) is 4. The largest absolute Gasteiger partial charge is 0.330 e. The molecule has 11 heavy (non-hydrogen) atoms. The first kappa shape index (κ1) is 7.69. The molecule has 0 aliphatic heterocycles. The molecule has 0 atom stereocenters. The van der Waals surface area contributed by atoms with E-state index in [4.69, 9.17) is 11.0 Å². The molecule has 1 heterocycles. The Kier molecular flexibility index (Phi) is 2.58. The van der Waals surface area contributed by atoms with Crippen LogP contribution in [0.25, 0.3) is 0 Å². The molecule has 0 unspecified atom stereocenters. The van der Waals surface area contributed by atoms with Crippen molar-refractivity contribution in [3.05, 3.63) is 11.9 Å². The predicted octanol–water partition coefficient (Wildman–Crippen LogP) is -0.501. The van der Waals surface area contributed by atoms with E-state index < -0.39 is 0 Å². The molecule has 0 amide bonds. The Morgan fingerprint density at radius 1 is 1.73 bits per heavy atom. The van der Waals surface area contributed by atoms with Gasteiger partial charge in [-0.25, -0.2) is 0 Å². The van der Waals surface area contributed by atoms with Crippen molar-refractivity contribution >= 4 is 0 Å². The molecule has 0 fully saturated rings. The van der Waals surface area contributed by atoms with Gasteiger partial charge in [0.2, 0.25) is 0 Å². The van der Waals surface area contributed by atoms with Crippen LogP contribution >= 0.6 is 0 Å². The summed E-state index contributed by atoms with van der Waals surface area (Å²) in [5, 5.41) is 16.1. The highest BCUT2D eigenvalue weighted by atomic mass is 15.5. The Balaban J connectivity index is 2.53. The van der Waals surface area contributed by atoms with E-state index in [9.17, 15) is 0 Å². The molecule has 0 spiro atoms. The topological polar surface area (TPSA) is 80.5 Å². The summed E-state index contributed by atoms with van der Waals surface area (Å²) in [4.78, 5) is 1.48. The summed E-state index contributed by atoms with van der Waals surface area (Å²) < 4.78 is 0. The summed E-state index contributed by atoms with van der Waals surface area (Å²) in [5.41, 5.74) is 5.63. The predicted molar refractivity (Wildman–Crippen MR) is 38.4 cm³/mol. The zero-order valence-corrected chi connectivity index (χ0v) is 6.06. The third-order valence-corrected chi connectivity index (χ3v) is 1.21. The van der Waals surface area contributed by atoms with Gasteiger partial charge < -0.3 is 5.73 Å². The molecular formula is C6H9N5. The van der Waals surface area contributed by atoms with E-state index in [-0.39, 0.29) is 0 Å². The second-order valence-electron chi connectivity index (χ2n) is 2.08. The van der Waals surface area contributed by atoms with Crippen LogP contribution in [-0.4, -0.2) is 21.5 Å². The molecule has 0 aliphatic carbocycles. The molecule has 5 heteroatoms. The molecule has 2 N–H and O–H groups in total. The SMILES string of the molecule is N#Cc1cnn(CCCN)n1. The first-order chi connectivity index (χ1) is 5.36. The summed E-state index contributed by atoms with van der Waals surface area (Å²) in [6.07, 6.45) is 2.27. The highest BCUT2D eigenvalue weighted by Gasteiger charge is 1.96. The lowest BCUT2D eigenvalue weighted by Gasteiger charge is -1.94. The molecule has 0 saturated carbocycles. The van der Waals surface area contributed by atoms with Crippen molar-refractivity contribution < 1.29 is 0 Å². The van der Waals surface area contributed by atoms with Crippen LogP contribution in [-0.2, 0) is 6.54 Å². The lowest BCUT2D eigenvalue weighted by molar-refractivity contribution is 0.516. The number of nitrogens with two attached hydrogens (primary N) is 1. The van der Waals surface area contributed by atoms with E-state index in [1.165, 1.54) is 11.0 Å². The van der Waals surface area contributed by atoms with Crippen molar-refractivity contribution in [3.63, 3.8) is 0 Å². The van der Waals surface area contributed by atoms with Crippen LogP contribution in [0.4, 0.5) is 0 Å². The minimum absolute atomic E-state index is 0.349. The quantitative estimate of drug-likeness (QED) is 0.631. The average molecular weight is 151 g/mol. The van der Waals surface area contributed by atoms with Crippen molar-refractivity contribution in [1.82, 2.24) is 15.0 Å². The normalized spacial score (nSPS) is 9.45. The third-order valence-electron chi connectivity index (χ3n) is 1.21. The maximum absolute atomic E-state index is 8.39. The van der Waals surface area contributed by atoms with Gasteiger partial charge in [0.1, 0.15) is 6.07 Å². The van der Waals surface area contributed by atoms with Gasteiger partial charge in [-0.3, -0.25) is 0 Å². The van der Waals surface area contributed by atoms with E-state index in [1.807, 2.05) is 6.07 Å². The average Bonchev–Trinajstić information content (AvgIpc) is 2.48. The molecule has 5 nitrogen and oxygen atoms in total. The molecule has 0 aromatic carbocycles. The Labute approximate surface area is 64.4 Å². The molecule has 1 aromatic heterocycles. The monoisotopic (exact) mass is 151 g/mol. The van der Waals surface area contributed by atoms with Crippen molar-refractivity contribution in [1.29, 1.82) is 5.26 Å². The Hall–Kier alpha value is -1.41. The first-order valence-corrected chi connectivity index (χ1v) is 3.37. The highest BCUT2D eigenvalue weighted by Crippen LogP contribution is 1.89. The standard InChI is InChI=1S/C6H9N5/c7-2-1-3-11-9-5-6(4-8)10-11/h5H,1-3,7H2. The van der Waals surface area contributed by atoms with Crippen LogP contribution in [0, 0.1) is 11.3 Å². The van der Waals surface area contributed by atoms with Gasteiger partial charge >= 0.3 is 0 Å². The smallest absolute Gasteiger partial charge is 0.182 e. The van der Waals surface area contributed by atoms with Gasteiger partial charge in [0.05, 0.1) is 12.7 Å². The van der Waals surface area contributed by atoms with Crippen molar-refractivity contribution in [2.45, 2.75) is 13.0 Å². The van der Waals surface area contributed by atoms with Crippen LogP contribution in [0.5, 0.6) is 0 Å². The lowest BCUT2D eigenvalue weighted by atomic mass is 10.4. The Morgan fingerprint density at radius 2 is 2.55 bits per heavy atom. The maximum Gasteiger partial charge on any atom is 0.182 e. The van der Waals surface area contributed by atoms with Gasteiger partial charge in [-0.2, -0.15) is 15.2 Å². The fraction of sp³-hybridized carbons (Fsp3) is 0.500. The van der Waals surface area contributed by atoms with E-state index in [1.54, 1.807) is 0 Å². The number of hydrogen-bond acceptors (Lipinski definition) is 4. The van der Waals surface area contributed by atoms with Crippen LogP contribution in [0.3, 0.4) is 0 Å². The van der Waals surface area contributed by atoms with E-state index in [0.29, 0.717) is 18.8 Å². The minimum atomic E-state index is 0.349. The van der Waals surface area contributed by atoms with Gasteiger partial charge in [0.15, 0.2) is 5.69 Å². The van der Waals surface area contributed by atoms with Crippen LogP contribution in [0.2, 0.25) is 0 Å². The zero-order chi connectivity index (χ0) is 8.10. The van der Waals surface area contributed by atoms with Gasteiger partial charge in [0, 0.05) is 0 Å². The number of aromatic nitrogens is 3. The fourth-order valence-electron chi connectivity index (χ4n) is 0.689. The number of aryl methyl sites for hydroxylation is 1. The van der Waals surface area contributed by atoms with Gasteiger partial charge in [0.25, 0.3) is 0 Å². The molecular weight excluding hydrogens is 142 g/mol. The summed E-state index contributed by atoms with van der Waals surface area (Å²) in [6.45, 7) is 1.29. The van der Waals surface area contributed by atoms with Crippen molar-refractivity contribution in [3.8, 4) is 6.07 Å². The third kappa shape index (κ3) is 2.02. The summed E-state index contributed by atoms with van der Waals surface area (Å²) in [7, 11) is 0. The van der Waals surface area contributed by atoms with E-state index in [0.717, 1.165) is 6.42 Å². The zero-order valence-electron chi connectivity index (χ0n) is 6.06. The molecule has 1 rings (SSSR count). The Morgan fingerprint density at radius 3 is 3.09 bits per heavy atom. The number of nitriles is 1. The van der Waals surface area contributed by atoms with Gasteiger partial charge in [-0.15, -0.1) is 5.10 Å². The summed E-state index contributed by atoms with van der Waals surface area (Å²) >= 11 is 0. The molecule has 0 saturated heterocycles. The summed E-state index contributed by atoms with van der Waals surface area (Å²) in [5.74, 6) is 0. The molecule has 1 aromatic rings. The molecule has 0 aliphatic rings. The Bertz CT molecular complexity index is 258. The molecule has 0 radical (unpaired) electrons. The lowest BCUT2D eigenvalue weighted by Crippen LogP contribution is -2.08. The minimum Gasteiger partial charge on any atom is -0.330 e. The van der Waals surface area contributed by atoms with Crippen LogP contribution in [0.1, 0.15) is 12.1 Å². The number of rotatable bonds is 3. The van der Waals surface area contributed by atoms with Gasteiger partial charge in [-0.05, 0) is 13.0 Å². The van der Waals surface area contributed by atoms with Crippen LogP contribution < -0.4 is 5.73 Å². The first-order valence-electron chi connectivity index (χ1n) is 3.37. The highest BCUT2D eigenvalue weighted by molar-refractivity contribution is 5.12. The molecule has 58 valence electrons. The fourth-order valence-corrected chi connectivity index (χ4v) is 0.689. The van der Waals surface area contributed by atoms with Crippen molar-refractivity contribution in [2.75, 3.05) is 6.54 Å². The second kappa shape index (κ2) is 3.68. The number of hydrogen-bond donors (Lipinski definition) is 1. The van der Waals surface area contributed by atoms with E-state index in [2.05, 4.69) is 10.2 Å². The second-order valence-corrected chi connectivity index (χ2v) is 2.08.